The summed E-state index contributed by atoms with van der Waals surface area (Å²) < 4.78 is 0. The Morgan fingerprint density at radius 3 is 2.45 bits per heavy atom. The Bertz CT molecular complexity index is 353. The summed E-state index contributed by atoms with van der Waals surface area (Å²) in [6.07, 6.45) is 5.66. The van der Waals surface area contributed by atoms with E-state index in [1.54, 1.807) is 0 Å². The average Bonchev–Trinajstić information content (AvgIpc) is 2.95. The molecule has 0 radical (unpaired) electrons. The topological polar surface area (TPSA) is 69.6 Å². The molecule has 2 N–H and O–H groups in total. The molecule has 2 fully saturated rings. The summed E-state index contributed by atoms with van der Waals surface area (Å²) in [6.45, 7) is 5.08. The first-order valence-electron chi connectivity index (χ1n) is 7.82. The molecule has 0 aromatic rings. The molecule has 0 aromatic carbocycles. The van der Waals surface area contributed by atoms with Gasteiger partial charge in [0, 0.05) is 18.5 Å². The van der Waals surface area contributed by atoms with Crippen LogP contribution < -0.4 is 5.32 Å². The molecule has 5 nitrogen and oxygen atoms in total. The molecule has 114 valence electrons. The van der Waals surface area contributed by atoms with Crippen LogP contribution in [0.25, 0.3) is 0 Å². The maximum Gasteiger partial charge on any atom is 0.306 e. The van der Waals surface area contributed by atoms with Gasteiger partial charge in [-0.1, -0.05) is 6.42 Å². The second-order valence-electron chi connectivity index (χ2n) is 6.24. The Labute approximate surface area is 120 Å². The summed E-state index contributed by atoms with van der Waals surface area (Å²) in [5.74, 6) is -1.16. The number of nitrogens with one attached hydrogen (secondary N) is 1. The zero-order valence-electron chi connectivity index (χ0n) is 12.3. The quantitative estimate of drug-likeness (QED) is 0.801. The minimum Gasteiger partial charge on any atom is -0.481 e. The SMILES string of the molecule is CC(CNC(=O)[C@@H]1CC[C@H](C(=O)O)C1)N1CCCCC1. The van der Waals surface area contributed by atoms with Crippen LogP contribution in [0.4, 0.5) is 0 Å². The Hall–Kier alpha value is -1.10. The van der Waals surface area contributed by atoms with Crippen molar-refractivity contribution in [1.29, 1.82) is 0 Å². The summed E-state index contributed by atoms with van der Waals surface area (Å²) >= 11 is 0. The van der Waals surface area contributed by atoms with Crippen LogP contribution >= 0.6 is 0 Å². The Balaban J connectivity index is 1.71. The molecule has 1 heterocycles. The Morgan fingerprint density at radius 1 is 1.20 bits per heavy atom. The number of aliphatic carboxylic acids is 1. The van der Waals surface area contributed by atoms with E-state index in [9.17, 15) is 9.59 Å². The van der Waals surface area contributed by atoms with Crippen LogP contribution in [0, 0.1) is 11.8 Å². The van der Waals surface area contributed by atoms with E-state index < -0.39 is 5.97 Å². The molecule has 1 amide bonds. The van der Waals surface area contributed by atoms with Gasteiger partial charge in [0.05, 0.1) is 5.92 Å². The molecule has 2 aliphatic rings. The number of likely N-dealkylation sites (tertiary alicyclic amines) is 1. The van der Waals surface area contributed by atoms with Crippen LogP contribution in [0.5, 0.6) is 0 Å². The van der Waals surface area contributed by atoms with Gasteiger partial charge in [0.15, 0.2) is 0 Å². The van der Waals surface area contributed by atoms with E-state index in [-0.39, 0.29) is 17.7 Å². The molecule has 0 aromatic heterocycles. The van der Waals surface area contributed by atoms with Gasteiger partial charge in [0.1, 0.15) is 0 Å². The van der Waals surface area contributed by atoms with Gasteiger partial charge < -0.3 is 10.4 Å². The van der Waals surface area contributed by atoms with Gasteiger partial charge >= 0.3 is 5.97 Å². The van der Waals surface area contributed by atoms with Crippen LogP contribution in [0.1, 0.15) is 45.4 Å². The average molecular weight is 282 g/mol. The Morgan fingerprint density at radius 2 is 1.85 bits per heavy atom. The van der Waals surface area contributed by atoms with E-state index in [0.29, 0.717) is 31.8 Å². The van der Waals surface area contributed by atoms with Gasteiger partial charge in [0.25, 0.3) is 0 Å². The molecule has 5 heteroatoms. The second-order valence-corrected chi connectivity index (χ2v) is 6.24. The highest BCUT2D eigenvalue weighted by molar-refractivity contribution is 5.80. The van der Waals surface area contributed by atoms with Crippen LogP contribution in [0.3, 0.4) is 0 Å². The number of nitrogens with zero attached hydrogens (tertiary/aromatic N) is 1. The second kappa shape index (κ2) is 7.07. The lowest BCUT2D eigenvalue weighted by molar-refractivity contribution is -0.141. The van der Waals surface area contributed by atoms with Crippen molar-refractivity contribution >= 4 is 11.9 Å². The molecular formula is C15H26N2O3. The number of carbonyl (C=O) groups excluding carboxylic acids is 1. The third-order valence-electron chi connectivity index (χ3n) is 4.74. The predicted molar refractivity (Wildman–Crippen MR) is 76.4 cm³/mol. The fourth-order valence-corrected chi connectivity index (χ4v) is 3.32. The first kappa shape index (κ1) is 15.3. The fraction of sp³-hybridized carbons (Fsp3) is 0.867. The highest BCUT2D eigenvalue weighted by Crippen LogP contribution is 2.31. The number of hydrogen-bond donors (Lipinski definition) is 2. The molecule has 0 spiro atoms. The zero-order valence-corrected chi connectivity index (χ0v) is 12.3. The zero-order chi connectivity index (χ0) is 14.5. The molecular weight excluding hydrogens is 256 g/mol. The summed E-state index contributed by atoms with van der Waals surface area (Å²) in [5, 5.41) is 12.0. The number of carbonyl (C=O) groups is 2. The minimum absolute atomic E-state index is 0.0395. The summed E-state index contributed by atoms with van der Waals surface area (Å²) in [6, 6.07) is 0.371. The highest BCUT2D eigenvalue weighted by Gasteiger charge is 2.33. The summed E-state index contributed by atoms with van der Waals surface area (Å²) in [5.41, 5.74) is 0. The maximum absolute atomic E-state index is 12.1. The maximum atomic E-state index is 12.1. The summed E-state index contributed by atoms with van der Waals surface area (Å²) in [7, 11) is 0. The van der Waals surface area contributed by atoms with Crippen LogP contribution in [-0.4, -0.2) is 47.6 Å². The van der Waals surface area contributed by atoms with Crippen molar-refractivity contribution in [2.45, 2.75) is 51.5 Å². The predicted octanol–water partition coefficient (Wildman–Crippen LogP) is 1.48. The van der Waals surface area contributed by atoms with Gasteiger partial charge in [-0.2, -0.15) is 0 Å². The first-order valence-corrected chi connectivity index (χ1v) is 7.82. The van der Waals surface area contributed by atoms with Gasteiger partial charge in [-0.05, 0) is 52.1 Å². The van der Waals surface area contributed by atoms with Crippen LogP contribution in [0.15, 0.2) is 0 Å². The lowest BCUT2D eigenvalue weighted by Gasteiger charge is -2.32. The van der Waals surface area contributed by atoms with Crippen molar-refractivity contribution in [2.24, 2.45) is 11.8 Å². The Kier molecular flexibility index (Phi) is 5.40. The smallest absolute Gasteiger partial charge is 0.306 e. The van der Waals surface area contributed by atoms with Crippen LogP contribution in [-0.2, 0) is 9.59 Å². The van der Waals surface area contributed by atoms with E-state index in [1.807, 2.05) is 0 Å². The highest BCUT2D eigenvalue weighted by atomic mass is 16.4. The molecule has 2 rings (SSSR count). The van der Waals surface area contributed by atoms with Crippen LogP contribution in [0.2, 0.25) is 0 Å². The molecule has 1 saturated carbocycles. The van der Waals surface area contributed by atoms with E-state index in [2.05, 4.69) is 17.1 Å². The molecule has 1 saturated heterocycles. The number of rotatable bonds is 5. The third kappa shape index (κ3) is 3.95. The van der Waals surface area contributed by atoms with E-state index in [1.165, 1.54) is 19.3 Å². The minimum atomic E-state index is -0.762. The van der Waals surface area contributed by atoms with Gasteiger partial charge in [-0.25, -0.2) is 0 Å². The molecule has 1 unspecified atom stereocenters. The van der Waals surface area contributed by atoms with Crippen molar-refractivity contribution in [3.8, 4) is 0 Å². The van der Waals surface area contributed by atoms with E-state index in [4.69, 9.17) is 5.11 Å². The van der Waals surface area contributed by atoms with Crippen molar-refractivity contribution < 1.29 is 14.7 Å². The number of piperidine rings is 1. The van der Waals surface area contributed by atoms with Crippen molar-refractivity contribution in [2.75, 3.05) is 19.6 Å². The standard InChI is InChI=1S/C15H26N2O3/c1-11(17-7-3-2-4-8-17)10-16-14(18)12-5-6-13(9-12)15(19)20/h11-13H,2-10H2,1H3,(H,16,18)(H,19,20)/t11?,12-,13+/m1/s1. The molecule has 3 atom stereocenters. The number of amides is 1. The first-order chi connectivity index (χ1) is 9.58. The van der Waals surface area contributed by atoms with E-state index >= 15 is 0 Å². The molecule has 20 heavy (non-hydrogen) atoms. The lowest BCUT2D eigenvalue weighted by Crippen LogP contribution is -2.45. The normalized spacial score (nSPS) is 29.1. The monoisotopic (exact) mass is 282 g/mol. The molecule has 1 aliphatic carbocycles. The summed E-state index contributed by atoms with van der Waals surface area (Å²) in [4.78, 5) is 25.4. The van der Waals surface area contributed by atoms with Crippen molar-refractivity contribution in [3.63, 3.8) is 0 Å². The third-order valence-corrected chi connectivity index (χ3v) is 4.74. The van der Waals surface area contributed by atoms with Gasteiger partial charge in [-0.15, -0.1) is 0 Å². The fourth-order valence-electron chi connectivity index (χ4n) is 3.32. The number of carboxylic acids is 1. The van der Waals surface area contributed by atoms with Crippen molar-refractivity contribution in [1.82, 2.24) is 10.2 Å². The largest absolute Gasteiger partial charge is 0.481 e. The number of carboxylic acid groups (broad SMARTS) is 1. The van der Waals surface area contributed by atoms with E-state index in [0.717, 1.165) is 13.1 Å². The van der Waals surface area contributed by atoms with Gasteiger partial charge in [-0.3, -0.25) is 14.5 Å². The molecule has 1 aliphatic heterocycles. The van der Waals surface area contributed by atoms with Crippen molar-refractivity contribution in [3.05, 3.63) is 0 Å². The lowest BCUT2D eigenvalue weighted by atomic mass is 10.0. The molecule has 0 bridgehead atoms. The number of hydrogen-bond acceptors (Lipinski definition) is 3. The van der Waals surface area contributed by atoms with Gasteiger partial charge in [0.2, 0.25) is 5.91 Å².